The van der Waals surface area contributed by atoms with Crippen LogP contribution in [0.3, 0.4) is 0 Å². The number of nitrogens with zero attached hydrogens (tertiary/aromatic N) is 3. The zero-order chi connectivity index (χ0) is 24.2. The third-order valence-electron chi connectivity index (χ3n) is 4.91. The van der Waals surface area contributed by atoms with E-state index in [1.165, 1.54) is 0 Å². The lowest BCUT2D eigenvalue weighted by Crippen LogP contribution is -2.47. The Morgan fingerprint density at radius 3 is 2.36 bits per heavy atom. The number of amides is 1. The fourth-order valence-corrected chi connectivity index (χ4v) is 3.33. The van der Waals surface area contributed by atoms with Gasteiger partial charge in [-0.15, -0.1) is 0 Å². The highest BCUT2D eigenvalue weighted by Crippen LogP contribution is 2.32. The molecule has 0 unspecified atom stereocenters. The minimum atomic E-state index is -1.85. The second kappa shape index (κ2) is 10.5. The summed E-state index contributed by atoms with van der Waals surface area (Å²) in [6, 6.07) is 16.2. The maximum Gasteiger partial charge on any atom is 0.297 e. The average molecular weight is 510 g/mol. The lowest BCUT2D eigenvalue weighted by Gasteiger charge is -2.26. The number of benzene rings is 2. The Balaban J connectivity index is 1.80. The Kier molecular flexibility index (Phi) is 7.89. The van der Waals surface area contributed by atoms with Gasteiger partial charge < -0.3 is 10.1 Å². The molecule has 0 fully saturated rings. The van der Waals surface area contributed by atoms with E-state index in [0.717, 1.165) is 16.9 Å². The number of aliphatic imine (C=N–C) groups is 1. The molecule has 0 aliphatic carbocycles. The van der Waals surface area contributed by atoms with Crippen LogP contribution in [0.4, 0.5) is 5.69 Å². The Morgan fingerprint density at radius 2 is 1.79 bits per heavy atom. The molecule has 1 heterocycles. The largest absolute Gasteiger partial charge is 0.466 e. The molecule has 0 bridgehead atoms. The molecule has 7 nitrogen and oxygen atoms in total. The van der Waals surface area contributed by atoms with Crippen molar-refractivity contribution in [1.29, 1.82) is 0 Å². The Labute approximate surface area is 206 Å². The van der Waals surface area contributed by atoms with Crippen molar-refractivity contribution in [3.05, 3.63) is 76.2 Å². The van der Waals surface area contributed by atoms with Crippen LogP contribution in [0.1, 0.15) is 24.6 Å². The van der Waals surface area contributed by atoms with E-state index in [9.17, 15) is 9.59 Å². The lowest BCUT2D eigenvalue weighted by atomic mass is 10.2. The highest BCUT2D eigenvalue weighted by molar-refractivity contribution is 6.68. The second-order valence-corrected chi connectivity index (χ2v) is 9.57. The summed E-state index contributed by atoms with van der Waals surface area (Å²) in [5.41, 5.74) is 2.36. The summed E-state index contributed by atoms with van der Waals surface area (Å²) in [5.74, 6) is 0.0803. The minimum Gasteiger partial charge on any atom is -0.466 e. The van der Waals surface area contributed by atoms with Crippen molar-refractivity contribution in [2.24, 2.45) is 12.0 Å². The summed E-state index contributed by atoms with van der Waals surface area (Å²) in [5, 5.41) is 2.53. The fourth-order valence-electron chi connectivity index (χ4n) is 3.04. The number of carbonyl (C=O) groups is 1. The molecular weight excluding hydrogens is 487 g/mol. The first-order chi connectivity index (χ1) is 15.6. The number of alkyl halides is 3. The van der Waals surface area contributed by atoms with Crippen LogP contribution >= 0.6 is 34.8 Å². The van der Waals surface area contributed by atoms with Crippen LogP contribution in [-0.4, -0.2) is 31.5 Å². The summed E-state index contributed by atoms with van der Waals surface area (Å²) in [4.78, 5) is 29.1. The summed E-state index contributed by atoms with van der Waals surface area (Å²) in [6.45, 7) is 3.52. The van der Waals surface area contributed by atoms with E-state index >= 15 is 0 Å². The number of rotatable bonds is 7. The van der Waals surface area contributed by atoms with Crippen molar-refractivity contribution in [2.75, 3.05) is 0 Å². The van der Waals surface area contributed by atoms with Crippen molar-refractivity contribution < 1.29 is 9.53 Å². The van der Waals surface area contributed by atoms with Gasteiger partial charge >= 0.3 is 0 Å². The fraction of sp³-hybridized carbons (Fsp3) is 0.261. The number of nitrogens with one attached hydrogen (secondary N) is 1. The van der Waals surface area contributed by atoms with E-state index in [-0.39, 0.29) is 17.9 Å². The summed E-state index contributed by atoms with van der Waals surface area (Å²) in [6.07, 6.45) is 0.660. The molecule has 1 aromatic heterocycles. The topological polar surface area (TPSA) is 77.6 Å². The van der Waals surface area contributed by atoms with E-state index in [1.54, 1.807) is 46.8 Å². The molecule has 174 valence electrons. The van der Waals surface area contributed by atoms with Crippen molar-refractivity contribution in [3.8, 4) is 11.4 Å². The van der Waals surface area contributed by atoms with Crippen LogP contribution in [0.25, 0.3) is 5.69 Å². The summed E-state index contributed by atoms with van der Waals surface area (Å²) < 4.78 is 7.13. The van der Waals surface area contributed by atoms with Crippen LogP contribution in [0.15, 0.2) is 64.4 Å². The van der Waals surface area contributed by atoms with Crippen LogP contribution in [0.2, 0.25) is 0 Å². The van der Waals surface area contributed by atoms with E-state index in [0.29, 0.717) is 11.4 Å². The van der Waals surface area contributed by atoms with Crippen molar-refractivity contribution in [2.45, 2.75) is 30.3 Å². The number of hydrogen-bond acceptors (Lipinski definition) is 4. The average Bonchev–Trinajstić information content (AvgIpc) is 3.00. The van der Waals surface area contributed by atoms with Gasteiger partial charge in [0.25, 0.3) is 5.56 Å². The zero-order valence-electron chi connectivity index (χ0n) is 18.3. The predicted molar refractivity (Wildman–Crippen MR) is 133 cm³/mol. The third-order valence-corrected chi connectivity index (χ3v) is 5.51. The normalized spacial score (nSPS) is 12.7. The molecule has 0 saturated heterocycles. The molecule has 1 N–H and O–H groups in total. The number of carbonyl (C=O) groups excluding carboxylic acids is 1. The highest BCUT2D eigenvalue weighted by atomic mass is 35.6. The first kappa shape index (κ1) is 24.9. The van der Waals surface area contributed by atoms with Crippen molar-refractivity contribution in [1.82, 2.24) is 14.7 Å². The number of hydrogen-bond donors (Lipinski definition) is 1. The third kappa shape index (κ3) is 5.99. The predicted octanol–water partition coefficient (Wildman–Crippen LogP) is 4.84. The highest BCUT2D eigenvalue weighted by Gasteiger charge is 2.35. The van der Waals surface area contributed by atoms with Crippen molar-refractivity contribution in [3.63, 3.8) is 0 Å². The molecular formula is C23H23Cl3N4O3. The Morgan fingerprint density at radius 1 is 1.15 bits per heavy atom. The summed E-state index contributed by atoms with van der Waals surface area (Å²) in [7, 11) is 1.81. The van der Waals surface area contributed by atoms with Gasteiger partial charge in [0, 0.05) is 19.7 Å². The number of halogens is 3. The first-order valence-corrected chi connectivity index (χ1v) is 11.3. The van der Waals surface area contributed by atoms with E-state index in [2.05, 4.69) is 10.3 Å². The molecule has 2 aromatic carbocycles. The van der Waals surface area contributed by atoms with Gasteiger partial charge in [0.2, 0.25) is 15.9 Å². The van der Waals surface area contributed by atoms with Gasteiger partial charge in [0.15, 0.2) is 5.69 Å². The molecule has 0 radical (unpaired) electrons. The van der Waals surface area contributed by atoms with Crippen LogP contribution < -0.4 is 15.6 Å². The number of ether oxygens (including phenoxy) is 1. The first-order valence-electron chi connectivity index (χ1n) is 10.1. The Bertz CT molecular complexity index is 1200. The van der Waals surface area contributed by atoms with E-state index in [1.807, 2.05) is 44.3 Å². The van der Waals surface area contributed by atoms with Crippen LogP contribution in [0.5, 0.6) is 5.75 Å². The van der Waals surface area contributed by atoms with Gasteiger partial charge in [0.05, 0.1) is 11.4 Å². The smallest absolute Gasteiger partial charge is 0.297 e. The molecule has 0 spiro atoms. The zero-order valence-corrected chi connectivity index (χ0v) is 20.5. The van der Waals surface area contributed by atoms with Gasteiger partial charge in [-0.1, -0.05) is 59.9 Å². The minimum absolute atomic E-state index is 0.213. The molecule has 33 heavy (non-hydrogen) atoms. The quantitative estimate of drug-likeness (QED) is 0.281. The lowest BCUT2D eigenvalue weighted by molar-refractivity contribution is -0.123. The number of para-hydroxylation sites is 1. The van der Waals surface area contributed by atoms with Crippen molar-refractivity contribution >= 4 is 52.6 Å². The van der Waals surface area contributed by atoms with Gasteiger partial charge in [0.1, 0.15) is 5.75 Å². The monoisotopic (exact) mass is 508 g/mol. The Hall–Kier alpha value is -2.74. The second-order valence-electron chi connectivity index (χ2n) is 7.20. The van der Waals surface area contributed by atoms with Gasteiger partial charge in [-0.3, -0.25) is 14.3 Å². The van der Waals surface area contributed by atoms with Gasteiger partial charge in [-0.05, 0) is 48.9 Å². The maximum atomic E-state index is 13.0. The van der Waals surface area contributed by atoms with Gasteiger partial charge in [-0.2, -0.15) is 0 Å². The van der Waals surface area contributed by atoms with E-state index in [4.69, 9.17) is 39.5 Å². The van der Waals surface area contributed by atoms with Crippen LogP contribution in [-0.2, 0) is 11.8 Å². The molecule has 0 saturated carbocycles. The maximum absolute atomic E-state index is 13.0. The molecule has 1 amide bonds. The molecule has 1 atom stereocenters. The van der Waals surface area contributed by atoms with Gasteiger partial charge in [-0.25, -0.2) is 9.67 Å². The molecule has 10 heteroatoms. The summed E-state index contributed by atoms with van der Waals surface area (Å²) >= 11 is 17.8. The number of aromatic nitrogens is 2. The standard InChI is InChI=1S/C23H23Cl3N4O3/c1-4-19(31)28-22(23(24,25)26)33-18-12-10-16(11-13-18)14-27-20-15(2)29(3)30(21(20)32)17-8-6-5-7-9-17/h5-14,22H,4H2,1-3H3,(H,28,31)/t22-/m0/s1. The SMILES string of the molecule is CCC(=O)N[C@@H](Oc1ccc(C=Nc2c(C)n(C)n(-c3ccccc3)c2=O)cc1)C(Cl)(Cl)Cl. The molecule has 3 aromatic rings. The van der Waals surface area contributed by atoms with Crippen LogP contribution in [0, 0.1) is 6.92 Å². The molecule has 0 aliphatic rings. The molecule has 0 aliphatic heterocycles. The molecule has 3 rings (SSSR count). The van der Waals surface area contributed by atoms with E-state index < -0.39 is 10.0 Å².